The summed E-state index contributed by atoms with van der Waals surface area (Å²) in [5.74, 6) is -0.589. The fourth-order valence-electron chi connectivity index (χ4n) is 3.65. The van der Waals surface area contributed by atoms with Gasteiger partial charge in [0.05, 0.1) is 18.8 Å². The molecule has 4 rings (SSSR count). The molecule has 0 amide bonds. The first kappa shape index (κ1) is 24.4. The molecule has 6 nitrogen and oxygen atoms in total. The molecule has 1 aliphatic rings. The SMILES string of the molecule is Cc1ccc(S[C@@H]2O[C@H](COCc3ccccc3)[C@H](O)[C@H](O)[C@H]2OC(=O)c2ccccc2)cc1. The van der Waals surface area contributed by atoms with Crippen molar-refractivity contribution in [2.24, 2.45) is 0 Å². The van der Waals surface area contributed by atoms with Gasteiger partial charge in [-0.2, -0.15) is 0 Å². The molecule has 0 aliphatic carbocycles. The number of carbonyl (C=O) groups excluding carboxylic acids is 1. The normalized spacial score (nSPS) is 24.5. The highest BCUT2D eigenvalue weighted by molar-refractivity contribution is 7.99. The molecular formula is C27H28O6S. The molecule has 1 heterocycles. The van der Waals surface area contributed by atoms with Crippen molar-refractivity contribution in [2.45, 2.75) is 48.3 Å². The van der Waals surface area contributed by atoms with E-state index >= 15 is 0 Å². The minimum absolute atomic E-state index is 0.0808. The number of carbonyl (C=O) groups is 1. The Bertz CT molecular complexity index is 1040. The number of aryl methyl sites for hydroxylation is 1. The summed E-state index contributed by atoms with van der Waals surface area (Å²) in [5, 5.41) is 21.7. The lowest BCUT2D eigenvalue weighted by molar-refractivity contribution is -0.210. The highest BCUT2D eigenvalue weighted by atomic mass is 32.2. The topological polar surface area (TPSA) is 85.2 Å². The van der Waals surface area contributed by atoms with Crippen LogP contribution in [0.3, 0.4) is 0 Å². The Morgan fingerprint density at radius 3 is 2.24 bits per heavy atom. The predicted molar refractivity (Wildman–Crippen MR) is 129 cm³/mol. The molecule has 3 aromatic carbocycles. The van der Waals surface area contributed by atoms with Gasteiger partial charge in [0.2, 0.25) is 0 Å². The molecule has 178 valence electrons. The molecule has 3 aromatic rings. The molecule has 0 saturated carbocycles. The number of benzene rings is 3. The van der Waals surface area contributed by atoms with Crippen molar-refractivity contribution in [1.82, 2.24) is 0 Å². The van der Waals surface area contributed by atoms with E-state index in [-0.39, 0.29) is 6.61 Å². The van der Waals surface area contributed by atoms with E-state index in [9.17, 15) is 15.0 Å². The van der Waals surface area contributed by atoms with E-state index in [0.717, 1.165) is 16.0 Å². The van der Waals surface area contributed by atoms with E-state index in [1.807, 2.05) is 61.5 Å². The van der Waals surface area contributed by atoms with Crippen molar-refractivity contribution >= 4 is 17.7 Å². The van der Waals surface area contributed by atoms with Gasteiger partial charge < -0.3 is 24.4 Å². The molecule has 1 aliphatic heterocycles. The molecule has 0 spiro atoms. The van der Waals surface area contributed by atoms with Crippen molar-refractivity contribution in [3.63, 3.8) is 0 Å². The van der Waals surface area contributed by atoms with Crippen molar-refractivity contribution in [3.05, 3.63) is 102 Å². The second-order valence-corrected chi connectivity index (χ2v) is 9.36. The van der Waals surface area contributed by atoms with Crippen LogP contribution in [-0.4, -0.2) is 52.6 Å². The number of hydrogen-bond donors (Lipinski definition) is 2. The first-order chi connectivity index (χ1) is 16.5. The summed E-state index contributed by atoms with van der Waals surface area (Å²) in [6, 6.07) is 26.0. The highest BCUT2D eigenvalue weighted by Gasteiger charge is 2.47. The molecule has 1 saturated heterocycles. The molecule has 34 heavy (non-hydrogen) atoms. The average Bonchev–Trinajstić information content (AvgIpc) is 2.87. The predicted octanol–water partition coefficient (Wildman–Crippen LogP) is 3.98. The van der Waals surface area contributed by atoms with Gasteiger partial charge >= 0.3 is 5.97 Å². The number of ether oxygens (including phenoxy) is 3. The first-order valence-electron chi connectivity index (χ1n) is 11.1. The van der Waals surface area contributed by atoms with Gasteiger partial charge in [0, 0.05) is 4.90 Å². The highest BCUT2D eigenvalue weighted by Crippen LogP contribution is 2.35. The van der Waals surface area contributed by atoms with Crippen LogP contribution in [0.25, 0.3) is 0 Å². The van der Waals surface area contributed by atoms with E-state index in [1.54, 1.807) is 30.3 Å². The third kappa shape index (κ3) is 6.25. The number of esters is 1. The minimum Gasteiger partial charge on any atom is -0.452 e. The zero-order chi connectivity index (χ0) is 23.9. The van der Waals surface area contributed by atoms with Gasteiger partial charge in [-0.15, -0.1) is 0 Å². The lowest BCUT2D eigenvalue weighted by Gasteiger charge is -2.41. The monoisotopic (exact) mass is 480 g/mol. The first-order valence-corrected chi connectivity index (χ1v) is 12.0. The quantitative estimate of drug-likeness (QED) is 0.472. The third-order valence-electron chi connectivity index (χ3n) is 5.56. The number of rotatable bonds is 8. The Morgan fingerprint density at radius 1 is 0.912 bits per heavy atom. The summed E-state index contributed by atoms with van der Waals surface area (Å²) in [6.45, 7) is 2.43. The molecule has 7 heteroatoms. The van der Waals surface area contributed by atoms with Gasteiger partial charge in [-0.1, -0.05) is 78.0 Å². The van der Waals surface area contributed by atoms with E-state index in [4.69, 9.17) is 14.2 Å². The van der Waals surface area contributed by atoms with Gasteiger partial charge in [0.25, 0.3) is 0 Å². The fourth-order valence-corrected chi connectivity index (χ4v) is 4.76. The summed E-state index contributed by atoms with van der Waals surface area (Å²) in [6.07, 6.45) is -4.47. The van der Waals surface area contributed by atoms with Crippen LogP contribution < -0.4 is 0 Å². The van der Waals surface area contributed by atoms with Crippen molar-refractivity contribution in [1.29, 1.82) is 0 Å². The minimum atomic E-state index is -1.34. The van der Waals surface area contributed by atoms with E-state index in [2.05, 4.69) is 0 Å². The lowest BCUT2D eigenvalue weighted by Crippen LogP contribution is -2.59. The van der Waals surface area contributed by atoms with E-state index in [1.165, 1.54) is 11.8 Å². The molecule has 1 fully saturated rings. The van der Waals surface area contributed by atoms with Crippen LogP contribution in [0, 0.1) is 6.92 Å². The number of hydrogen-bond acceptors (Lipinski definition) is 7. The molecule has 0 aromatic heterocycles. The smallest absolute Gasteiger partial charge is 0.338 e. The van der Waals surface area contributed by atoms with Crippen LogP contribution >= 0.6 is 11.8 Å². The number of thioether (sulfide) groups is 1. The van der Waals surface area contributed by atoms with Crippen LogP contribution in [0.2, 0.25) is 0 Å². The van der Waals surface area contributed by atoms with Gasteiger partial charge in [-0.3, -0.25) is 0 Å². The van der Waals surface area contributed by atoms with Crippen LogP contribution in [0.5, 0.6) is 0 Å². The van der Waals surface area contributed by atoms with E-state index in [0.29, 0.717) is 12.2 Å². The van der Waals surface area contributed by atoms with Crippen molar-refractivity contribution in [2.75, 3.05) is 6.61 Å². The summed E-state index contributed by atoms with van der Waals surface area (Å²) < 4.78 is 17.6. The maximum atomic E-state index is 12.7. The Kier molecular flexibility index (Phi) is 8.37. The van der Waals surface area contributed by atoms with Crippen LogP contribution in [0.15, 0.2) is 89.8 Å². The Labute approximate surface area is 203 Å². The van der Waals surface area contributed by atoms with Crippen LogP contribution in [0.4, 0.5) is 0 Å². The third-order valence-corrected chi connectivity index (χ3v) is 6.72. The van der Waals surface area contributed by atoms with Crippen LogP contribution in [-0.2, 0) is 20.8 Å². The molecular weight excluding hydrogens is 452 g/mol. The number of aliphatic hydroxyl groups excluding tert-OH is 2. The van der Waals surface area contributed by atoms with Crippen molar-refractivity contribution in [3.8, 4) is 0 Å². The second-order valence-electron chi connectivity index (χ2n) is 8.19. The molecule has 0 radical (unpaired) electrons. The van der Waals surface area contributed by atoms with Gasteiger partial charge in [-0.05, 0) is 36.8 Å². The maximum Gasteiger partial charge on any atom is 0.338 e. The lowest BCUT2D eigenvalue weighted by atomic mass is 10.00. The number of aliphatic hydroxyl groups is 2. The zero-order valence-electron chi connectivity index (χ0n) is 18.8. The molecule has 2 N–H and O–H groups in total. The van der Waals surface area contributed by atoms with Gasteiger partial charge in [0.15, 0.2) is 6.10 Å². The van der Waals surface area contributed by atoms with Gasteiger partial charge in [0.1, 0.15) is 23.7 Å². The van der Waals surface area contributed by atoms with Crippen LogP contribution in [0.1, 0.15) is 21.5 Å². The zero-order valence-corrected chi connectivity index (χ0v) is 19.6. The van der Waals surface area contributed by atoms with Crippen molar-refractivity contribution < 1.29 is 29.2 Å². The average molecular weight is 481 g/mol. The maximum absolute atomic E-state index is 12.7. The second kappa shape index (κ2) is 11.6. The summed E-state index contributed by atoms with van der Waals surface area (Å²) in [5.41, 5.74) is 1.73. The van der Waals surface area contributed by atoms with Gasteiger partial charge in [-0.25, -0.2) is 4.79 Å². The molecule has 5 atom stereocenters. The summed E-state index contributed by atoms with van der Waals surface area (Å²) in [4.78, 5) is 13.6. The Morgan fingerprint density at radius 2 is 1.56 bits per heavy atom. The molecule has 0 bridgehead atoms. The largest absolute Gasteiger partial charge is 0.452 e. The summed E-state index contributed by atoms with van der Waals surface area (Å²) >= 11 is 1.33. The Balaban J connectivity index is 1.48. The molecule has 0 unspecified atom stereocenters. The Hall–Kier alpha value is -2.68. The summed E-state index contributed by atoms with van der Waals surface area (Å²) in [7, 11) is 0. The fraction of sp³-hybridized carbons (Fsp3) is 0.296. The standard InChI is InChI=1S/C27H28O6S/c1-18-12-14-21(15-13-18)34-27-25(33-26(30)20-10-6-3-7-11-20)24(29)23(28)22(32-27)17-31-16-19-8-4-2-5-9-19/h2-15,22-25,27-29H,16-17H2,1H3/t22-,23+,24+,25-,27+/m1/s1. The van der Waals surface area contributed by atoms with E-state index < -0.39 is 35.8 Å².